The van der Waals surface area contributed by atoms with E-state index in [9.17, 15) is 0 Å². The van der Waals surface area contributed by atoms with Crippen molar-refractivity contribution in [1.82, 2.24) is 5.01 Å². The summed E-state index contributed by atoms with van der Waals surface area (Å²) in [6.07, 6.45) is 1.85. The largest absolute Gasteiger partial charge is 0.328 e. The van der Waals surface area contributed by atoms with Crippen LogP contribution in [0.25, 0.3) is 0 Å². The van der Waals surface area contributed by atoms with E-state index >= 15 is 0 Å². The Morgan fingerprint density at radius 1 is 1.00 bits per heavy atom. The molecule has 1 aliphatic heterocycles. The third-order valence-electron chi connectivity index (χ3n) is 4.08. The van der Waals surface area contributed by atoms with Crippen molar-refractivity contribution in [3.8, 4) is 0 Å². The van der Waals surface area contributed by atoms with E-state index < -0.39 is 0 Å². The molecule has 0 bridgehead atoms. The van der Waals surface area contributed by atoms with Crippen LogP contribution in [-0.4, -0.2) is 37.4 Å². The normalized spacial score (nSPS) is 16.2. The smallest absolute Gasteiger partial charge is 0.103 e. The van der Waals surface area contributed by atoms with Crippen LogP contribution in [-0.2, 0) is 6.54 Å². The van der Waals surface area contributed by atoms with Crippen molar-refractivity contribution in [3.05, 3.63) is 69.7 Å². The topological polar surface area (TPSA) is 20.0 Å². The van der Waals surface area contributed by atoms with Crippen molar-refractivity contribution in [1.29, 1.82) is 0 Å². The first-order chi connectivity index (χ1) is 11.2. The van der Waals surface area contributed by atoms with Crippen LogP contribution < -0.4 is 4.90 Å². The molecule has 1 saturated heterocycles. The van der Waals surface area contributed by atoms with Crippen LogP contribution in [0.3, 0.4) is 0 Å². The van der Waals surface area contributed by atoms with Crippen molar-refractivity contribution in [3.63, 3.8) is 0 Å². The van der Waals surface area contributed by atoms with Crippen molar-refractivity contribution in [2.75, 3.05) is 26.2 Å². The molecule has 0 aromatic heterocycles. The molecule has 0 spiro atoms. The minimum atomic E-state index is 0.739. The molecule has 2 aromatic carbocycles. The lowest BCUT2D eigenvalue weighted by Crippen LogP contribution is -3.13. The number of hydrogen-bond donors (Lipinski definition) is 1. The molecular weight excluding hydrogens is 329 g/mol. The molecule has 1 N–H and O–H groups in total. The summed E-state index contributed by atoms with van der Waals surface area (Å²) in [6.45, 7) is 5.14. The molecule has 0 saturated carbocycles. The maximum Gasteiger partial charge on any atom is 0.103 e. The van der Waals surface area contributed by atoms with Crippen LogP contribution in [0.2, 0.25) is 10.0 Å². The van der Waals surface area contributed by atoms with Gasteiger partial charge in [-0.2, -0.15) is 5.10 Å². The summed E-state index contributed by atoms with van der Waals surface area (Å²) < 4.78 is 0. The molecular formula is C18H20Cl2N3+. The lowest BCUT2D eigenvalue weighted by Gasteiger charge is -2.30. The van der Waals surface area contributed by atoms with Gasteiger partial charge >= 0.3 is 0 Å². The first-order valence-electron chi connectivity index (χ1n) is 7.82. The zero-order valence-corrected chi connectivity index (χ0v) is 14.4. The highest BCUT2D eigenvalue weighted by atomic mass is 35.5. The Bertz CT molecular complexity index is 662. The van der Waals surface area contributed by atoms with Crippen molar-refractivity contribution in [2.24, 2.45) is 5.10 Å². The SMILES string of the molecule is Clc1ccc(C[NH+]2CCN(N=Cc3ccccc3Cl)CC2)cc1. The van der Waals surface area contributed by atoms with Crippen molar-refractivity contribution in [2.45, 2.75) is 6.54 Å². The standard InChI is InChI=1S/C18H19Cl2N3/c19-17-7-5-15(6-8-17)14-22-9-11-23(12-10-22)21-13-16-3-1-2-4-18(16)20/h1-8,13H,9-12,14H2/p+1. The van der Waals surface area contributed by atoms with Gasteiger partial charge in [-0.05, 0) is 18.2 Å². The van der Waals surface area contributed by atoms with Gasteiger partial charge < -0.3 is 4.90 Å². The van der Waals surface area contributed by atoms with E-state index in [2.05, 4.69) is 22.2 Å². The summed E-state index contributed by atoms with van der Waals surface area (Å²) in [5.74, 6) is 0. The number of halogens is 2. The summed E-state index contributed by atoms with van der Waals surface area (Å²) in [5.41, 5.74) is 2.29. The Morgan fingerprint density at radius 2 is 1.70 bits per heavy atom. The quantitative estimate of drug-likeness (QED) is 0.842. The fraction of sp³-hybridized carbons (Fsp3) is 0.278. The van der Waals surface area contributed by atoms with Crippen LogP contribution in [0.1, 0.15) is 11.1 Å². The second-order valence-corrected chi connectivity index (χ2v) is 6.62. The average Bonchev–Trinajstić information content (AvgIpc) is 2.58. The van der Waals surface area contributed by atoms with Gasteiger partial charge in [-0.3, -0.25) is 5.01 Å². The highest BCUT2D eigenvalue weighted by Crippen LogP contribution is 2.12. The maximum atomic E-state index is 6.14. The Hall–Kier alpha value is -1.55. The second-order valence-electron chi connectivity index (χ2n) is 5.77. The van der Waals surface area contributed by atoms with Crippen LogP contribution in [0.4, 0.5) is 0 Å². The summed E-state index contributed by atoms with van der Waals surface area (Å²) in [7, 11) is 0. The Morgan fingerprint density at radius 3 is 2.39 bits per heavy atom. The second kappa shape index (κ2) is 7.82. The number of nitrogens with one attached hydrogen (secondary N) is 1. The van der Waals surface area contributed by atoms with Gasteiger partial charge in [0.05, 0.1) is 32.4 Å². The highest BCUT2D eigenvalue weighted by Gasteiger charge is 2.18. The molecule has 120 valence electrons. The minimum absolute atomic E-state index is 0.739. The number of nitrogens with zero attached hydrogens (tertiary/aromatic N) is 2. The summed E-state index contributed by atoms with van der Waals surface area (Å²) >= 11 is 12.1. The highest BCUT2D eigenvalue weighted by molar-refractivity contribution is 6.33. The number of hydrazone groups is 1. The molecule has 23 heavy (non-hydrogen) atoms. The molecule has 2 aromatic rings. The first-order valence-corrected chi connectivity index (χ1v) is 8.58. The molecule has 0 amide bonds. The zero-order chi connectivity index (χ0) is 16.1. The summed E-state index contributed by atoms with van der Waals surface area (Å²) in [6, 6.07) is 15.9. The summed E-state index contributed by atoms with van der Waals surface area (Å²) in [5, 5.41) is 8.21. The number of hydrogen-bond acceptors (Lipinski definition) is 2. The van der Waals surface area contributed by atoms with Gasteiger partial charge in [-0.1, -0.05) is 53.5 Å². The molecule has 5 heteroatoms. The number of rotatable bonds is 4. The minimum Gasteiger partial charge on any atom is -0.328 e. The number of piperazine rings is 1. The fourth-order valence-electron chi connectivity index (χ4n) is 2.72. The van der Waals surface area contributed by atoms with Gasteiger partial charge in [0, 0.05) is 21.2 Å². The van der Waals surface area contributed by atoms with Gasteiger partial charge in [0.25, 0.3) is 0 Å². The predicted molar refractivity (Wildman–Crippen MR) is 96.5 cm³/mol. The van der Waals surface area contributed by atoms with E-state index in [-0.39, 0.29) is 0 Å². The van der Waals surface area contributed by atoms with Crippen LogP contribution in [0.15, 0.2) is 53.6 Å². The molecule has 0 aliphatic carbocycles. The number of quaternary nitrogens is 1. The predicted octanol–water partition coefficient (Wildman–Crippen LogP) is 2.73. The van der Waals surface area contributed by atoms with E-state index in [0.29, 0.717) is 0 Å². The molecule has 1 heterocycles. The third-order valence-corrected chi connectivity index (χ3v) is 4.68. The monoisotopic (exact) mass is 348 g/mol. The molecule has 1 aliphatic rings. The van der Waals surface area contributed by atoms with Gasteiger partial charge in [0.15, 0.2) is 0 Å². The van der Waals surface area contributed by atoms with Gasteiger partial charge in [-0.25, -0.2) is 0 Å². The Labute approximate surface area is 147 Å². The lowest BCUT2D eigenvalue weighted by atomic mass is 10.2. The lowest BCUT2D eigenvalue weighted by molar-refractivity contribution is -0.918. The Balaban J connectivity index is 1.50. The number of benzene rings is 2. The third kappa shape index (κ3) is 4.71. The van der Waals surface area contributed by atoms with E-state index in [4.69, 9.17) is 23.2 Å². The Kier molecular flexibility index (Phi) is 5.55. The van der Waals surface area contributed by atoms with Crippen molar-refractivity contribution >= 4 is 29.4 Å². The molecule has 0 unspecified atom stereocenters. The molecule has 0 radical (unpaired) electrons. The molecule has 3 rings (SSSR count). The average molecular weight is 349 g/mol. The van der Waals surface area contributed by atoms with Crippen molar-refractivity contribution < 1.29 is 4.90 Å². The molecule has 0 atom stereocenters. The van der Waals surface area contributed by atoms with Gasteiger partial charge in [-0.15, -0.1) is 0 Å². The van der Waals surface area contributed by atoms with Gasteiger partial charge in [0.2, 0.25) is 0 Å². The van der Waals surface area contributed by atoms with E-state index in [1.54, 1.807) is 4.90 Å². The van der Waals surface area contributed by atoms with E-state index in [1.807, 2.05) is 42.6 Å². The zero-order valence-electron chi connectivity index (χ0n) is 12.9. The van der Waals surface area contributed by atoms with Gasteiger partial charge in [0.1, 0.15) is 6.54 Å². The molecule has 3 nitrogen and oxygen atoms in total. The van der Waals surface area contributed by atoms with Crippen LogP contribution in [0.5, 0.6) is 0 Å². The van der Waals surface area contributed by atoms with Crippen LogP contribution in [0, 0.1) is 0 Å². The van der Waals surface area contributed by atoms with Crippen LogP contribution >= 0.6 is 23.2 Å². The molecule has 1 fully saturated rings. The maximum absolute atomic E-state index is 6.14. The summed E-state index contributed by atoms with van der Waals surface area (Å²) in [4.78, 5) is 1.58. The first kappa shape index (κ1) is 16.3. The van der Waals surface area contributed by atoms with E-state index in [0.717, 1.165) is 48.3 Å². The fourth-order valence-corrected chi connectivity index (χ4v) is 3.03. The van der Waals surface area contributed by atoms with E-state index in [1.165, 1.54) is 5.56 Å².